The minimum atomic E-state index is -1.23. The number of aromatic carboxylic acids is 2. The maximum absolute atomic E-state index is 11.1. The monoisotopic (exact) mass is 360 g/mol. The lowest BCUT2D eigenvalue weighted by atomic mass is 10.1. The number of carbonyl (C=O) groups excluding carboxylic acids is 2. The first-order valence-corrected chi connectivity index (χ1v) is 7.14. The molecule has 0 aromatic heterocycles. The predicted octanol–water partition coefficient (Wildman–Crippen LogP) is 2.34. The van der Waals surface area contributed by atoms with Gasteiger partial charge in [-0.3, -0.25) is 0 Å². The Morgan fingerprint density at radius 3 is 1.38 bits per heavy atom. The van der Waals surface area contributed by atoms with Crippen LogP contribution in [0.25, 0.3) is 0 Å². The maximum Gasteiger partial charge on any atom is 0.337 e. The molecule has 0 aliphatic carbocycles. The van der Waals surface area contributed by atoms with Gasteiger partial charge in [0.05, 0.1) is 36.5 Å². The highest BCUT2D eigenvalue weighted by Crippen LogP contribution is 2.08. The third kappa shape index (κ3) is 5.45. The van der Waals surface area contributed by atoms with Gasteiger partial charge >= 0.3 is 23.9 Å². The molecule has 0 atom stereocenters. The predicted molar refractivity (Wildman–Crippen MR) is 89.5 cm³/mol. The van der Waals surface area contributed by atoms with E-state index in [1.165, 1.54) is 44.6 Å². The van der Waals surface area contributed by atoms with Crippen LogP contribution in [0.4, 0.5) is 0 Å². The van der Waals surface area contributed by atoms with Gasteiger partial charge in [0.1, 0.15) is 0 Å². The van der Waals surface area contributed by atoms with Gasteiger partial charge in [-0.05, 0) is 30.3 Å². The molecule has 0 saturated carbocycles. The molecule has 136 valence electrons. The molecule has 2 rings (SSSR count). The molecule has 0 heterocycles. The third-order valence-electron chi connectivity index (χ3n) is 3.09. The highest BCUT2D eigenvalue weighted by molar-refractivity contribution is 6.01. The molecule has 8 heteroatoms. The standard InChI is InChI=1S/C10H10O4.C8H6O4/c1-13-9(11)7-4-3-5-8(6-7)10(12)14-2;9-7(10)5-3-1-2-4-6(5)8(11)12/h3-6H,1-2H3;1-4H,(H,9,10)(H,11,12). The number of esters is 2. The zero-order valence-electron chi connectivity index (χ0n) is 14.0. The number of carbonyl (C=O) groups is 4. The van der Waals surface area contributed by atoms with E-state index in [1.807, 2.05) is 0 Å². The van der Waals surface area contributed by atoms with Crippen molar-refractivity contribution in [2.45, 2.75) is 0 Å². The van der Waals surface area contributed by atoms with Crippen LogP contribution >= 0.6 is 0 Å². The quantitative estimate of drug-likeness (QED) is 0.795. The summed E-state index contributed by atoms with van der Waals surface area (Å²) in [6.45, 7) is 0. The fourth-order valence-corrected chi connectivity index (χ4v) is 1.86. The molecule has 0 fully saturated rings. The van der Waals surface area contributed by atoms with Gasteiger partial charge in [-0.2, -0.15) is 0 Å². The number of ether oxygens (including phenoxy) is 2. The Morgan fingerprint density at radius 2 is 1.08 bits per heavy atom. The lowest BCUT2D eigenvalue weighted by Crippen LogP contribution is -2.06. The summed E-state index contributed by atoms with van der Waals surface area (Å²) < 4.78 is 9.03. The van der Waals surface area contributed by atoms with Crippen LogP contribution in [-0.4, -0.2) is 48.3 Å². The van der Waals surface area contributed by atoms with Crippen LogP contribution in [0, 0.1) is 0 Å². The molecule has 8 nitrogen and oxygen atoms in total. The summed E-state index contributed by atoms with van der Waals surface area (Å²) in [6.07, 6.45) is 0. The van der Waals surface area contributed by atoms with Gasteiger partial charge in [0.2, 0.25) is 0 Å². The minimum absolute atomic E-state index is 0.190. The van der Waals surface area contributed by atoms with Crippen molar-refractivity contribution in [3.8, 4) is 0 Å². The normalized spacial score (nSPS) is 9.31. The van der Waals surface area contributed by atoms with E-state index in [-0.39, 0.29) is 11.1 Å². The lowest BCUT2D eigenvalue weighted by molar-refractivity contribution is 0.0596. The van der Waals surface area contributed by atoms with Crippen LogP contribution in [0.15, 0.2) is 48.5 Å². The summed E-state index contributed by atoms with van der Waals surface area (Å²) in [5, 5.41) is 17.1. The first-order valence-electron chi connectivity index (χ1n) is 7.14. The average molecular weight is 360 g/mol. The molecular formula is C18H16O8. The van der Waals surface area contributed by atoms with Gasteiger partial charge in [0.15, 0.2) is 0 Å². The van der Waals surface area contributed by atoms with Crippen molar-refractivity contribution < 1.29 is 38.9 Å². The summed E-state index contributed by atoms with van der Waals surface area (Å²) in [5.74, 6) is -3.41. The number of hydrogen-bond donors (Lipinski definition) is 2. The fraction of sp³-hybridized carbons (Fsp3) is 0.111. The van der Waals surface area contributed by atoms with Gasteiger partial charge in [0.25, 0.3) is 0 Å². The van der Waals surface area contributed by atoms with E-state index in [9.17, 15) is 19.2 Å². The zero-order valence-corrected chi connectivity index (χ0v) is 14.0. The number of carboxylic acids is 2. The van der Waals surface area contributed by atoms with E-state index in [2.05, 4.69) is 9.47 Å². The molecule has 0 radical (unpaired) electrons. The summed E-state index contributed by atoms with van der Waals surface area (Å²) in [7, 11) is 2.57. The second-order valence-corrected chi connectivity index (χ2v) is 4.72. The van der Waals surface area contributed by atoms with Gasteiger partial charge in [0, 0.05) is 0 Å². The van der Waals surface area contributed by atoms with E-state index in [4.69, 9.17) is 10.2 Å². The van der Waals surface area contributed by atoms with Crippen LogP contribution in [0.5, 0.6) is 0 Å². The van der Waals surface area contributed by atoms with E-state index in [0.717, 1.165) is 0 Å². The Kier molecular flexibility index (Phi) is 7.50. The van der Waals surface area contributed by atoms with Crippen LogP contribution in [0.2, 0.25) is 0 Å². The number of benzene rings is 2. The average Bonchev–Trinajstić information content (AvgIpc) is 2.67. The van der Waals surface area contributed by atoms with Crippen LogP contribution < -0.4 is 0 Å². The van der Waals surface area contributed by atoms with Crippen molar-refractivity contribution in [2.75, 3.05) is 14.2 Å². The molecule has 0 bridgehead atoms. The van der Waals surface area contributed by atoms with Crippen LogP contribution in [0.3, 0.4) is 0 Å². The van der Waals surface area contributed by atoms with Gasteiger partial charge in [-0.25, -0.2) is 19.2 Å². The number of rotatable bonds is 4. The highest BCUT2D eigenvalue weighted by Gasteiger charge is 2.13. The van der Waals surface area contributed by atoms with Crippen molar-refractivity contribution in [2.24, 2.45) is 0 Å². The van der Waals surface area contributed by atoms with E-state index in [1.54, 1.807) is 18.2 Å². The minimum Gasteiger partial charge on any atom is -0.478 e. The second-order valence-electron chi connectivity index (χ2n) is 4.72. The zero-order chi connectivity index (χ0) is 19.7. The first-order chi connectivity index (χ1) is 12.3. The molecule has 0 amide bonds. The molecule has 2 aromatic carbocycles. The molecule has 26 heavy (non-hydrogen) atoms. The molecule has 2 N–H and O–H groups in total. The topological polar surface area (TPSA) is 127 Å². The largest absolute Gasteiger partial charge is 0.478 e. The van der Waals surface area contributed by atoms with Crippen molar-refractivity contribution >= 4 is 23.9 Å². The third-order valence-corrected chi connectivity index (χ3v) is 3.09. The first kappa shape index (κ1) is 20.4. The van der Waals surface area contributed by atoms with Crippen molar-refractivity contribution in [3.05, 3.63) is 70.8 Å². The summed E-state index contributed by atoms with van der Waals surface area (Å²) in [4.78, 5) is 43.1. The maximum atomic E-state index is 11.1. The lowest BCUT2D eigenvalue weighted by Gasteiger charge is -2.01. The molecule has 0 spiro atoms. The smallest absolute Gasteiger partial charge is 0.337 e. The number of carboxylic acid groups (broad SMARTS) is 2. The number of methoxy groups -OCH3 is 2. The SMILES string of the molecule is COC(=O)c1cccc(C(=O)OC)c1.O=C(O)c1ccccc1C(=O)O. The van der Waals surface area contributed by atoms with Crippen molar-refractivity contribution in [1.82, 2.24) is 0 Å². The molecule has 2 aromatic rings. The Morgan fingerprint density at radius 1 is 0.692 bits per heavy atom. The van der Waals surface area contributed by atoms with E-state index in [0.29, 0.717) is 11.1 Å². The van der Waals surface area contributed by atoms with E-state index >= 15 is 0 Å². The fourth-order valence-electron chi connectivity index (χ4n) is 1.86. The molecule has 0 aliphatic rings. The van der Waals surface area contributed by atoms with Crippen LogP contribution in [-0.2, 0) is 9.47 Å². The Bertz CT molecular complexity index is 761. The van der Waals surface area contributed by atoms with Gasteiger partial charge in [-0.15, -0.1) is 0 Å². The van der Waals surface area contributed by atoms with Gasteiger partial charge < -0.3 is 19.7 Å². The van der Waals surface area contributed by atoms with Crippen molar-refractivity contribution in [3.63, 3.8) is 0 Å². The molecular weight excluding hydrogens is 344 g/mol. The molecule has 0 aliphatic heterocycles. The molecule has 0 saturated heterocycles. The Hall–Kier alpha value is -3.68. The second kappa shape index (κ2) is 9.58. The summed E-state index contributed by atoms with van der Waals surface area (Å²) >= 11 is 0. The van der Waals surface area contributed by atoms with Crippen LogP contribution in [0.1, 0.15) is 41.4 Å². The van der Waals surface area contributed by atoms with Gasteiger partial charge in [-0.1, -0.05) is 18.2 Å². The van der Waals surface area contributed by atoms with E-state index < -0.39 is 23.9 Å². The Balaban J connectivity index is 0.000000263. The van der Waals surface area contributed by atoms with Crippen molar-refractivity contribution in [1.29, 1.82) is 0 Å². The highest BCUT2D eigenvalue weighted by atomic mass is 16.5. The summed E-state index contributed by atoms with van der Waals surface area (Å²) in [5.41, 5.74) is 0.279. The summed E-state index contributed by atoms with van der Waals surface area (Å²) in [6, 6.07) is 11.6. The number of hydrogen-bond acceptors (Lipinski definition) is 6. The Labute approximate surface area is 148 Å². The molecule has 0 unspecified atom stereocenters.